The van der Waals surface area contributed by atoms with Crippen LogP contribution in [0.1, 0.15) is 68.3 Å². The first-order valence-electron chi connectivity index (χ1n) is 20.0. The van der Waals surface area contributed by atoms with E-state index in [9.17, 15) is 20.1 Å². The molecule has 1 aliphatic carbocycles. The quantitative estimate of drug-likeness (QED) is 0.185. The Morgan fingerprint density at radius 1 is 1.04 bits per heavy atom. The van der Waals surface area contributed by atoms with Gasteiger partial charge < -0.3 is 40.4 Å². The van der Waals surface area contributed by atoms with Gasteiger partial charge in [0.05, 0.1) is 25.9 Å². The summed E-state index contributed by atoms with van der Waals surface area (Å²) in [7, 11) is 4.89. The predicted molar refractivity (Wildman–Crippen MR) is 215 cm³/mol. The van der Waals surface area contributed by atoms with Crippen molar-refractivity contribution in [2.45, 2.75) is 92.6 Å². The number of primary amides is 1. The minimum absolute atomic E-state index is 0. The average Bonchev–Trinajstić information content (AvgIpc) is 3.84. The van der Waals surface area contributed by atoms with Crippen molar-refractivity contribution in [2.24, 2.45) is 17.1 Å². The van der Waals surface area contributed by atoms with Crippen LogP contribution in [0.4, 0.5) is 5.69 Å². The number of H-pyrrole nitrogens is 1. The van der Waals surface area contributed by atoms with Gasteiger partial charge in [0.2, 0.25) is 0 Å². The number of carbonyl (C=O) groups is 2. The maximum absolute atomic E-state index is 15.2. The van der Waals surface area contributed by atoms with Crippen LogP contribution < -0.4 is 15.4 Å². The third kappa shape index (κ3) is 4.77. The smallest absolute Gasteiger partial charge is 0.322 e. The van der Waals surface area contributed by atoms with Crippen LogP contribution in [-0.4, -0.2) is 125 Å². The van der Waals surface area contributed by atoms with Crippen LogP contribution in [0.5, 0.6) is 5.75 Å². The standard InChI is InChI=1S/C43H55N5O7.ClH/c1-6-39(52)21-25-22-42(38(51)55-5,33-27(13-17-47(23-25)24-39)26-11-8-9-12-30(26)45-33)29-19-28-31(20-32(29)54-4)46(3)35-41(28)15-18-48-16-10-14-40(7-2,34(41)48)36(49)43(35,53)37(44)50;/h8-12,14,19-20,25,34-36,45,49,52-53H,6-7,13,15-18,21-24H2,1-5H3,(H2,44,50);1H/t25-,34+,35-,36-,39+,40-,41-,42+,43+;/m1./s1. The zero-order chi connectivity index (χ0) is 38.9. The highest BCUT2D eigenvalue weighted by Crippen LogP contribution is 2.67. The Morgan fingerprint density at radius 3 is 2.50 bits per heavy atom. The number of rotatable bonds is 6. The van der Waals surface area contributed by atoms with Crippen molar-refractivity contribution < 1.29 is 34.4 Å². The lowest BCUT2D eigenvalue weighted by Gasteiger charge is -2.63. The van der Waals surface area contributed by atoms with Crippen LogP contribution in [0.25, 0.3) is 10.9 Å². The van der Waals surface area contributed by atoms with Crippen LogP contribution in [-0.2, 0) is 31.6 Å². The lowest BCUT2D eigenvalue weighted by molar-refractivity contribution is -0.201. The number of fused-ring (bicyclic) bond motifs is 6. The van der Waals surface area contributed by atoms with E-state index < -0.39 is 51.5 Å². The molecular formula is C43H56ClN5O7. The number of benzene rings is 2. The third-order valence-corrected chi connectivity index (χ3v) is 15.2. The molecule has 5 aliphatic heterocycles. The highest BCUT2D eigenvalue weighted by atomic mass is 35.5. The topological polar surface area (TPSA) is 165 Å². The van der Waals surface area contributed by atoms with Crippen molar-refractivity contribution in [1.29, 1.82) is 0 Å². The number of halogens is 1. The number of nitrogens with zero attached hydrogens (tertiary/aromatic N) is 3. The molecule has 1 aromatic heterocycles. The zero-order valence-corrected chi connectivity index (χ0v) is 33.8. The average molecular weight is 790 g/mol. The number of carbonyl (C=O) groups excluding carboxylic acids is 2. The Labute approximate surface area is 334 Å². The second-order valence-corrected chi connectivity index (χ2v) is 17.5. The van der Waals surface area contributed by atoms with E-state index in [1.807, 2.05) is 62.2 Å². The molecule has 2 saturated heterocycles. The summed E-state index contributed by atoms with van der Waals surface area (Å²) in [6.45, 7) is 7.39. The van der Waals surface area contributed by atoms with Crippen LogP contribution in [0.3, 0.4) is 0 Å². The normalized spacial score (nSPS) is 38.3. The summed E-state index contributed by atoms with van der Waals surface area (Å²) in [5.41, 5.74) is 4.72. The molecule has 3 fully saturated rings. The number of anilines is 1. The number of ether oxygens (including phenoxy) is 2. The van der Waals surface area contributed by atoms with Gasteiger partial charge in [-0.2, -0.15) is 0 Å². The van der Waals surface area contributed by atoms with Crippen molar-refractivity contribution in [3.63, 3.8) is 0 Å². The minimum Gasteiger partial charge on any atom is -0.496 e. The van der Waals surface area contributed by atoms with Gasteiger partial charge in [-0.3, -0.25) is 19.4 Å². The molecule has 2 aromatic carbocycles. The van der Waals surface area contributed by atoms with Gasteiger partial charge in [-0.1, -0.05) is 44.2 Å². The number of aliphatic hydroxyl groups excluding tert-OH is 1. The molecule has 1 saturated carbocycles. The molecule has 3 aromatic rings. The van der Waals surface area contributed by atoms with E-state index >= 15 is 4.79 Å². The fourth-order valence-corrected chi connectivity index (χ4v) is 13.1. The molecule has 6 aliphatic rings. The molecule has 6 N–H and O–H groups in total. The number of piperidine rings is 1. The number of aromatic amines is 1. The zero-order valence-electron chi connectivity index (χ0n) is 33.0. The summed E-state index contributed by atoms with van der Waals surface area (Å²) in [4.78, 5) is 39.3. The predicted octanol–water partition coefficient (Wildman–Crippen LogP) is 3.15. The van der Waals surface area contributed by atoms with E-state index in [1.54, 1.807) is 7.11 Å². The van der Waals surface area contributed by atoms with E-state index in [0.29, 0.717) is 69.5 Å². The lowest BCUT2D eigenvalue weighted by Crippen LogP contribution is -2.81. The first-order chi connectivity index (χ1) is 26.3. The van der Waals surface area contributed by atoms with Gasteiger partial charge in [-0.05, 0) is 74.2 Å². The van der Waals surface area contributed by atoms with Crippen LogP contribution in [0.15, 0.2) is 48.6 Å². The first kappa shape index (κ1) is 39.2. The Bertz CT molecular complexity index is 2130. The van der Waals surface area contributed by atoms with E-state index in [1.165, 1.54) is 7.11 Å². The number of para-hydroxylation sites is 1. The van der Waals surface area contributed by atoms with Crippen molar-refractivity contribution in [3.05, 3.63) is 70.9 Å². The molecule has 2 bridgehead atoms. The summed E-state index contributed by atoms with van der Waals surface area (Å²) in [5, 5.41) is 38.0. The molecule has 12 nitrogen and oxygen atoms in total. The second kappa shape index (κ2) is 13.2. The Morgan fingerprint density at radius 2 is 1.80 bits per heavy atom. The van der Waals surface area contributed by atoms with Gasteiger partial charge in [0.25, 0.3) is 5.91 Å². The Balaban J connectivity index is 0.00000441. The van der Waals surface area contributed by atoms with Gasteiger partial charge in [0.1, 0.15) is 17.3 Å². The molecule has 13 heteroatoms. The monoisotopic (exact) mass is 789 g/mol. The largest absolute Gasteiger partial charge is 0.496 e. The van der Waals surface area contributed by atoms with Gasteiger partial charge in [-0.25, -0.2) is 0 Å². The molecule has 0 radical (unpaired) electrons. The summed E-state index contributed by atoms with van der Waals surface area (Å²) >= 11 is 0. The SMILES string of the molecule is CC[C@]1(O)C[C@H]2C[N@](CCc3c([nH]c4ccccc34)[C@@](C(=O)OC)(c3cc4c(cc3OC)N(C)[C@H]3[C@@](O)(C(N)=O)[C@H](O)[C@]5(CC)C=CCN6CC[C@]43[C@@H]65)C2)C1.Cl. The van der Waals surface area contributed by atoms with E-state index in [4.69, 9.17) is 15.2 Å². The number of hydrogen-bond donors (Lipinski definition) is 5. The van der Waals surface area contributed by atoms with Gasteiger partial charge in [0.15, 0.2) is 5.60 Å². The lowest BCUT2D eigenvalue weighted by atomic mass is 9.47. The molecule has 10 atom stereocenters. The highest BCUT2D eigenvalue weighted by molar-refractivity contribution is 5.95. The summed E-state index contributed by atoms with van der Waals surface area (Å²) in [6.07, 6.45) is 5.78. The summed E-state index contributed by atoms with van der Waals surface area (Å²) < 4.78 is 12.2. The first-order valence-corrected chi connectivity index (χ1v) is 20.0. The molecule has 0 unspecified atom stereocenters. The number of amides is 1. The number of esters is 1. The Kier molecular flexibility index (Phi) is 9.23. The maximum Gasteiger partial charge on any atom is 0.322 e. The van der Waals surface area contributed by atoms with Crippen LogP contribution in [0.2, 0.25) is 0 Å². The maximum atomic E-state index is 15.2. The molecule has 56 heavy (non-hydrogen) atoms. The second-order valence-electron chi connectivity index (χ2n) is 17.5. The minimum atomic E-state index is -2.30. The van der Waals surface area contributed by atoms with Gasteiger partial charge in [0, 0.05) is 84.0 Å². The molecule has 1 spiro atoms. The molecule has 302 valence electrons. The van der Waals surface area contributed by atoms with Crippen LogP contribution in [0, 0.1) is 11.3 Å². The highest BCUT2D eigenvalue weighted by Gasteiger charge is 2.78. The van der Waals surface area contributed by atoms with Gasteiger partial charge in [-0.15, -0.1) is 12.4 Å². The van der Waals surface area contributed by atoms with Crippen LogP contribution >= 0.6 is 12.4 Å². The van der Waals surface area contributed by atoms with E-state index in [0.717, 1.165) is 46.5 Å². The number of aliphatic hydroxyl groups is 3. The number of nitrogens with two attached hydrogens (primary N) is 1. The number of nitrogens with one attached hydrogen (secondary N) is 1. The molecule has 1 amide bonds. The van der Waals surface area contributed by atoms with Crippen molar-refractivity contribution in [2.75, 3.05) is 58.9 Å². The fraction of sp³-hybridized carbons (Fsp3) is 0.581. The van der Waals surface area contributed by atoms with Crippen molar-refractivity contribution in [1.82, 2.24) is 14.8 Å². The van der Waals surface area contributed by atoms with E-state index in [-0.39, 0.29) is 24.4 Å². The number of hydrogen-bond acceptors (Lipinski definition) is 10. The third-order valence-electron chi connectivity index (χ3n) is 15.2. The molecular weight excluding hydrogens is 734 g/mol. The van der Waals surface area contributed by atoms with Crippen molar-refractivity contribution >= 4 is 40.9 Å². The van der Waals surface area contributed by atoms with Crippen molar-refractivity contribution in [3.8, 4) is 5.75 Å². The molecule has 6 heterocycles. The van der Waals surface area contributed by atoms with E-state index in [2.05, 4.69) is 26.9 Å². The molecule has 9 rings (SSSR count). The number of likely N-dealkylation sites (N-methyl/N-ethyl adjacent to an activating group) is 1. The number of methoxy groups -OCH3 is 2. The summed E-state index contributed by atoms with van der Waals surface area (Å²) in [6, 6.07) is 11.0. The summed E-state index contributed by atoms with van der Waals surface area (Å²) in [5.74, 6) is -1.00. The number of aromatic nitrogens is 1. The fourth-order valence-electron chi connectivity index (χ4n) is 13.1. The van der Waals surface area contributed by atoms with Gasteiger partial charge >= 0.3 is 5.97 Å². The Hall–Kier alpha value is -3.65.